The average molecular weight is 407 g/mol. The van der Waals surface area contributed by atoms with E-state index < -0.39 is 9.84 Å². The number of halogens is 1. The molecule has 3 aromatic carbocycles. The lowest BCUT2D eigenvalue weighted by atomic mass is 10.1. The number of hydrogen-bond acceptors (Lipinski definition) is 4. The quantitative estimate of drug-likeness (QED) is 0.459. The van der Waals surface area contributed by atoms with Gasteiger partial charge in [0.25, 0.3) is 0 Å². The Labute approximate surface area is 168 Å². The maximum absolute atomic E-state index is 13.8. The van der Waals surface area contributed by atoms with Crippen molar-refractivity contribution in [2.75, 3.05) is 6.26 Å². The van der Waals surface area contributed by atoms with Gasteiger partial charge < -0.3 is 4.42 Å². The highest BCUT2D eigenvalue weighted by Crippen LogP contribution is 2.34. The molecule has 0 amide bonds. The van der Waals surface area contributed by atoms with E-state index in [2.05, 4.69) is 4.98 Å². The summed E-state index contributed by atoms with van der Waals surface area (Å²) in [5.41, 5.74) is 2.82. The van der Waals surface area contributed by atoms with Crippen molar-refractivity contribution >= 4 is 9.84 Å². The van der Waals surface area contributed by atoms with Gasteiger partial charge in [-0.3, -0.25) is 0 Å². The van der Waals surface area contributed by atoms with E-state index in [0.717, 1.165) is 11.8 Å². The fraction of sp³-hybridized carbons (Fsp3) is 0.0870. The fourth-order valence-electron chi connectivity index (χ4n) is 3.09. The van der Waals surface area contributed by atoms with Crippen molar-refractivity contribution in [1.82, 2.24) is 4.98 Å². The van der Waals surface area contributed by atoms with Crippen LogP contribution in [0.3, 0.4) is 0 Å². The van der Waals surface area contributed by atoms with E-state index in [1.54, 1.807) is 24.3 Å². The fourth-order valence-corrected chi connectivity index (χ4v) is 3.72. The summed E-state index contributed by atoms with van der Waals surface area (Å²) in [6.07, 6.45) is 1.65. The zero-order valence-corrected chi connectivity index (χ0v) is 16.5. The average Bonchev–Trinajstić information content (AvgIpc) is 3.12. The molecule has 0 bridgehead atoms. The maximum Gasteiger partial charge on any atom is 0.199 e. The van der Waals surface area contributed by atoms with Crippen LogP contribution in [-0.2, 0) is 16.3 Å². The summed E-state index contributed by atoms with van der Waals surface area (Å²) in [4.78, 5) is 4.83. The first-order chi connectivity index (χ1) is 13.9. The Kier molecular flexibility index (Phi) is 5.03. The molecule has 4 nitrogen and oxygen atoms in total. The first-order valence-electron chi connectivity index (χ1n) is 9.00. The molecule has 29 heavy (non-hydrogen) atoms. The van der Waals surface area contributed by atoms with Crippen LogP contribution >= 0.6 is 0 Å². The highest BCUT2D eigenvalue weighted by molar-refractivity contribution is 7.90. The molecule has 0 N–H and O–H groups in total. The van der Waals surface area contributed by atoms with Gasteiger partial charge in [-0.2, -0.15) is 0 Å². The van der Waals surface area contributed by atoms with E-state index in [-0.39, 0.29) is 10.7 Å². The standard InChI is InChI=1S/C23H18FNO3S/c1-29(26,27)20-12-10-17(11-13-20)23-22(18-8-5-9-19(24)15-18)25-21(28-23)14-16-6-3-2-4-7-16/h2-13,15H,14H2,1H3. The van der Waals surface area contributed by atoms with Crippen LogP contribution in [0.25, 0.3) is 22.6 Å². The van der Waals surface area contributed by atoms with Gasteiger partial charge >= 0.3 is 0 Å². The number of sulfone groups is 1. The lowest BCUT2D eigenvalue weighted by molar-refractivity contribution is 0.519. The number of benzene rings is 3. The van der Waals surface area contributed by atoms with Crippen molar-refractivity contribution in [2.24, 2.45) is 0 Å². The van der Waals surface area contributed by atoms with Crippen molar-refractivity contribution in [3.8, 4) is 22.6 Å². The molecule has 0 atom stereocenters. The largest absolute Gasteiger partial charge is 0.440 e. The molecule has 6 heteroatoms. The Hall–Kier alpha value is -3.25. The van der Waals surface area contributed by atoms with Crippen LogP contribution in [0.5, 0.6) is 0 Å². The van der Waals surface area contributed by atoms with Gasteiger partial charge in [-0.15, -0.1) is 0 Å². The molecule has 0 aliphatic carbocycles. The lowest BCUT2D eigenvalue weighted by Crippen LogP contribution is -1.96. The van der Waals surface area contributed by atoms with Crippen molar-refractivity contribution in [1.29, 1.82) is 0 Å². The summed E-state index contributed by atoms with van der Waals surface area (Å²) in [5.74, 6) is 0.604. The van der Waals surface area contributed by atoms with Crippen molar-refractivity contribution in [2.45, 2.75) is 11.3 Å². The normalized spacial score (nSPS) is 11.5. The maximum atomic E-state index is 13.8. The minimum absolute atomic E-state index is 0.220. The second-order valence-corrected chi connectivity index (χ2v) is 8.77. The zero-order valence-electron chi connectivity index (χ0n) is 15.7. The molecule has 0 fully saturated rings. The molecule has 1 heterocycles. The minimum atomic E-state index is -3.30. The molecule has 0 aliphatic heterocycles. The third kappa shape index (κ3) is 4.27. The monoisotopic (exact) mass is 407 g/mol. The molecule has 0 saturated heterocycles. The van der Waals surface area contributed by atoms with E-state index in [1.165, 1.54) is 24.3 Å². The van der Waals surface area contributed by atoms with E-state index in [0.29, 0.717) is 34.9 Å². The third-order valence-electron chi connectivity index (χ3n) is 4.51. The van der Waals surface area contributed by atoms with Crippen LogP contribution in [0.4, 0.5) is 4.39 Å². The van der Waals surface area contributed by atoms with E-state index in [9.17, 15) is 12.8 Å². The SMILES string of the molecule is CS(=O)(=O)c1ccc(-c2oc(Cc3ccccc3)nc2-c2cccc(F)c2)cc1. The second-order valence-electron chi connectivity index (χ2n) is 6.75. The molecule has 0 spiro atoms. The highest BCUT2D eigenvalue weighted by Gasteiger charge is 2.18. The Morgan fingerprint density at radius 3 is 2.28 bits per heavy atom. The molecule has 4 aromatic rings. The summed E-state index contributed by atoms with van der Waals surface area (Å²) in [7, 11) is -3.30. The van der Waals surface area contributed by atoms with Crippen LogP contribution in [0, 0.1) is 5.82 Å². The van der Waals surface area contributed by atoms with Crippen LogP contribution in [0.15, 0.2) is 88.2 Å². The number of aromatic nitrogens is 1. The van der Waals surface area contributed by atoms with Crippen LogP contribution in [0.1, 0.15) is 11.5 Å². The second kappa shape index (κ2) is 7.64. The van der Waals surface area contributed by atoms with Gasteiger partial charge in [0.15, 0.2) is 21.5 Å². The molecule has 4 rings (SSSR count). The van der Waals surface area contributed by atoms with Gasteiger partial charge in [0.1, 0.15) is 11.5 Å². The molecule has 146 valence electrons. The number of rotatable bonds is 5. The van der Waals surface area contributed by atoms with Gasteiger partial charge in [-0.1, -0.05) is 42.5 Å². The van der Waals surface area contributed by atoms with E-state index in [1.807, 2.05) is 30.3 Å². The van der Waals surface area contributed by atoms with Gasteiger partial charge in [0, 0.05) is 23.8 Å². The minimum Gasteiger partial charge on any atom is -0.440 e. The number of nitrogens with zero attached hydrogens (tertiary/aromatic N) is 1. The van der Waals surface area contributed by atoms with Gasteiger partial charge in [-0.25, -0.2) is 17.8 Å². The van der Waals surface area contributed by atoms with Gasteiger partial charge in [0.05, 0.1) is 4.90 Å². The van der Waals surface area contributed by atoms with Crippen molar-refractivity contribution in [3.63, 3.8) is 0 Å². The number of hydrogen-bond donors (Lipinski definition) is 0. The number of oxazole rings is 1. The van der Waals surface area contributed by atoms with E-state index in [4.69, 9.17) is 4.42 Å². The molecule has 1 aromatic heterocycles. The summed E-state index contributed by atoms with van der Waals surface area (Å²) in [6, 6.07) is 22.3. The van der Waals surface area contributed by atoms with Crippen LogP contribution in [-0.4, -0.2) is 19.7 Å². The van der Waals surface area contributed by atoms with Gasteiger partial charge in [0.2, 0.25) is 0 Å². The first-order valence-corrected chi connectivity index (χ1v) is 10.9. The van der Waals surface area contributed by atoms with Crippen molar-refractivity contribution in [3.05, 3.63) is 96.1 Å². The summed E-state index contributed by atoms with van der Waals surface area (Å²) in [6.45, 7) is 0. The smallest absolute Gasteiger partial charge is 0.199 e. The zero-order chi connectivity index (χ0) is 20.4. The van der Waals surface area contributed by atoms with Crippen LogP contribution in [0.2, 0.25) is 0 Å². The predicted molar refractivity (Wildman–Crippen MR) is 110 cm³/mol. The van der Waals surface area contributed by atoms with Crippen LogP contribution < -0.4 is 0 Å². The Morgan fingerprint density at radius 2 is 1.62 bits per heavy atom. The molecular weight excluding hydrogens is 389 g/mol. The Morgan fingerprint density at radius 1 is 0.897 bits per heavy atom. The molecule has 0 unspecified atom stereocenters. The Balaban J connectivity index is 1.80. The topological polar surface area (TPSA) is 60.2 Å². The highest BCUT2D eigenvalue weighted by atomic mass is 32.2. The van der Waals surface area contributed by atoms with E-state index >= 15 is 0 Å². The first kappa shape index (κ1) is 19.1. The molecule has 0 radical (unpaired) electrons. The third-order valence-corrected chi connectivity index (χ3v) is 5.64. The lowest BCUT2D eigenvalue weighted by Gasteiger charge is -2.03. The summed E-state index contributed by atoms with van der Waals surface area (Å²) >= 11 is 0. The van der Waals surface area contributed by atoms with Gasteiger partial charge in [-0.05, 0) is 42.0 Å². The predicted octanol–water partition coefficient (Wildman–Crippen LogP) is 5.14. The molecular formula is C23H18FNO3S. The molecule has 0 saturated carbocycles. The van der Waals surface area contributed by atoms with Crippen molar-refractivity contribution < 1.29 is 17.2 Å². The Bertz CT molecular complexity index is 1250. The summed E-state index contributed by atoms with van der Waals surface area (Å²) < 4.78 is 43.3. The summed E-state index contributed by atoms with van der Waals surface area (Å²) in [5, 5.41) is 0. The molecule has 0 aliphatic rings.